The van der Waals surface area contributed by atoms with Gasteiger partial charge in [0, 0.05) is 13.1 Å². The summed E-state index contributed by atoms with van der Waals surface area (Å²) in [4.78, 5) is 9.22. The van der Waals surface area contributed by atoms with Crippen molar-refractivity contribution in [2.75, 3.05) is 46.0 Å². The average molecular weight is 391 g/mol. The van der Waals surface area contributed by atoms with Gasteiger partial charge in [0.05, 0.1) is 36.1 Å². The Balaban J connectivity index is 0.00000121. The van der Waals surface area contributed by atoms with Crippen LogP contribution in [0.4, 0.5) is 22.7 Å². The minimum absolute atomic E-state index is 0. The third-order valence-corrected chi connectivity index (χ3v) is 4.79. The number of halogens is 2. The maximum Gasteiger partial charge on any atom is 0.0947 e. The molecule has 0 amide bonds. The molecule has 0 atom stereocenters. The van der Waals surface area contributed by atoms with E-state index in [1.165, 1.54) is 22.7 Å². The van der Waals surface area contributed by atoms with Crippen molar-refractivity contribution in [3.05, 3.63) is 74.1 Å². The number of rotatable bonds is 5. The summed E-state index contributed by atoms with van der Waals surface area (Å²) in [7, 11) is 0. The van der Waals surface area contributed by atoms with Gasteiger partial charge in [-0.2, -0.15) is 0 Å². The van der Waals surface area contributed by atoms with Gasteiger partial charge in [0.25, 0.3) is 0 Å². The van der Waals surface area contributed by atoms with Gasteiger partial charge in [-0.3, -0.25) is 0 Å². The van der Waals surface area contributed by atoms with Crippen molar-refractivity contribution in [1.82, 2.24) is 0 Å². The summed E-state index contributed by atoms with van der Waals surface area (Å²) < 4.78 is 0. The van der Waals surface area contributed by atoms with E-state index in [0.717, 1.165) is 26.4 Å². The molecule has 2 aromatic carbocycles. The van der Waals surface area contributed by atoms with Crippen molar-refractivity contribution in [3.63, 3.8) is 0 Å². The van der Waals surface area contributed by atoms with Crippen molar-refractivity contribution in [3.8, 4) is 0 Å². The van der Waals surface area contributed by atoms with E-state index >= 15 is 0 Å². The van der Waals surface area contributed by atoms with Crippen LogP contribution in [0.25, 0.3) is 0 Å². The number of nitrogens with zero attached hydrogens (tertiary/aromatic N) is 4. The Kier molecular flexibility index (Phi) is 6.46. The van der Waals surface area contributed by atoms with E-state index in [1.54, 1.807) is 0 Å². The molecule has 0 aliphatic carbocycles. The number of hydrogen-bond acceptors (Lipinski definition) is 4. The van der Waals surface area contributed by atoms with Crippen LogP contribution < -0.4 is 19.6 Å². The normalized spacial score (nSPS) is 14.3. The standard InChI is InChI=1S/C20H22N4.2ClH/c1-3-21-15-23(19-11-7-5-9-17(19)21)13-14-24-16-22(4-2)18-10-6-8-12-20(18)24;;/h3-12H,1-2,13-16H2;2*1H. The number of para-hydroxylation sites is 4. The second kappa shape index (κ2) is 8.39. The van der Waals surface area contributed by atoms with Crippen molar-refractivity contribution < 1.29 is 0 Å². The topological polar surface area (TPSA) is 13.0 Å². The molecule has 2 aromatic rings. The van der Waals surface area contributed by atoms with Crippen LogP contribution in [0.3, 0.4) is 0 Å². The van der Waals surface area contributed by atoms with E-state index in [0.29, 0.717) is 0 Å². The van der Waals surface area contributed by atoms with Gasteiger partial charge in [-0.1, -0.05) is 37.4 Å². The van der Waals surface area contributed by atoms with Crippen molar-refractivity contribution >= 4 is 47.6 Å². The molecule has 0 radical (unpaired) electrons. The molecule has 138 valence electrons. The first-order chi connectivity index (χ1) is 11.8. The van der Waals surface area contributed by atoms with Crippen molar-refractivity contribution in [1.29, 1.82) is 0 Å². The highest BCUT2D eigenvalue weighted by atomic mass is 35.5. The summed E-state index contributed by atoms with van der Waals surface area (Å²) >= 11 is 0. The molecule has 0 fully saturated rings. The molecule has 2 aliphatic heterocycles. The maximum atomic E-state index is 3.94. The van der Waals surface area contributed by atoms with Gasteiger partial charge in [-0.25, -0.2) is 0 Å². The highest BCUT2D eigenvalue weighted by Gasteiger charge is 2.27. The zero-order chi connectivity index (χ0) is 16.5. The van der Waals surface area contributed by atoms with E-state index in [-0.39, 0.29) is 24.8 Å². The Hall–Kier alpha value is -2.30. The maximum absolute atomic E-state index is 3.94. The van der Waals surface area contributed by atoms with E-state index in [9.17, 15) is 0 Å². The highest BCUT2D eigenvalue weighted by Crippen LogP contribution is 2.37. The first-order valence-corrected chi connectivity index (χ1v) is 8.28. The van der Waals surface area contributed by atoms with E-state index < -0.39 is 0 Å². The summed E-state index contributed by atoms with van der Waals surface area (Å²) in [6, 6.07) is 17.0. The van der Waals surface area contributed by atoms with Gasteiger partial charge in [-0.05, 0) is 36.7 Å². The van der Waals surface area contributed by atoms with Gasteiger partial charge in [-0.15, -0.1) is 24.8 Å². The largest absolute Gasteiger partial charge is 0.350 e. The van der Waals surface area contributed by atoms with Crippen molar-refractivity contribution in [2.45, 2.75) is 0 Å². The summed E-state index contributed by atoms with van der Waals surface area (Å²) in [6.07, 6.45) is 3.81. The molecule has 2 aliphatic rings. The molecule has 0 unspecified atom stereocenters. The van der Waals surface area contributed by atoms with Crippen LogP contribution >= 0.6 is 24.8 Å². The minimum atomic E-state index is 0. The van der Waals surface area contributed by atoms with Crippen LogP contribution in [0, 0.1) is 0 Å². The monoisotopic (exact) mass is 390 g/mol. The SMILES string of the molecule is C=CN1CN(CCN2CN(C=C)c3ccccc32)c2ccccc21.Cl.Cl. The molecular weight excluding hydrogens is 367 g/mol. The third-order valence-electron chi connectivity index (χ3n) is 4.79. The Morgan fingerprint density at radius 1 is 0.654 bits per heavy atom. The zero-order valence-electron chi connectivity index (χ0n) is 14.6. The minimum Gasteiger partial charge on any atom is -0.350 e. The van der Waals surface area contributed by atoms with Crippen LogP contribution in [0.1, 0.15) is 0 Å². The number of hydrogen-bond donors (Lipinski definition) is 0. The molecule has 0 saturated carbocycles. The lowest BCUT2D eigenvalue weighted by atomic mass is 10.2. The molecule has 0 spiro atoms. The van der Waals surface area contributed by atoms with E-state index in [2.05, 4.69) is 81.3 Å². The zero-order valence-corrected chi connectivity index (χ0v) is 16.3. The Morgan fingerprint density at radius 3 is 1.35 bits per heavy atom. The molecule has 6 heteroatoms. The molecule has 26 heavy (non-hydrogen) atoms. The summed E-state index contributed by atoms with van der Waals surface area (Å²) in [5, 5.41) is 0. The predicted molar refractivity (Wildman–Crippen MR) is 117 cm³/mol. The first kappa shape index (κ1) is 20.0. The second-order valence-electron chi connectivity index (χ2n) is 6.09. The number of fused-ring (bicyclic) bond motifs is 2. The molecular formula is C20H24Cl2N4. The van der Waals surface area contributed by atoms with Crippen LogP contribution in [0.5, 0.6) is 0 Å². The van der Waals surface area contributed by atoms with Gasteiger partial charge in [0.2, 0.25) is 0 Å². The fourth-order valence-corrected chi connectivity index (χ4v) is 3.56. The molecule has 4 nitrogen and oxygen atoms in total. The first-order valence-electron chi connectivity index (χ1n) is 8.28. The lowest BCUT2D eigenvalue weighted by molar-refractivity contribution is 0.758. The summed E-state index contributed by atoms with van der Waals surface area (Å²) in [5.41, 5.74) is 5.04. The molecule has 4 rings (SSSR count). The Bertz CT molecular complexity index is 714. The molecule has 0 aromatic heterocycles. The fourth-order valence-electron chi connectivity index (χ4n) is 3.56. The average Bonchev–Trinajstić information content (AvgIpc) is 3.18. The lowest BCUT2D eigenvalue weighted by Crippen LogP contribution is -2.37. The molecule has 0 bridgehead atoms. The molecule has 2 heterocycles. The van der Waals surface area contributed by atoms with Crippen LogP contribution in [0.2, 0.25) is 0 Å². The van der Waals surface area contributed by atoms with Gasteiger partial charge in [0.1, 0.15) is 0 Å². The second-order valence-corrected chi connectivity index (χ2v) is 6.09. The quantitative estimate of drug-likeness (QED) is 0.733. The summed E-state index contributed by atoms with van der Waals surface area (Å²) in [6.45, 7) is 11.5. The number of benzene rings is 2. The van der Waals surface area contributed by atoms with E-state index in [1.807, 2.05) is 12.4 Å². The summed E-state index contributed by atoms with van der Waals surface area (Å²) in [5.74, 6) is 0. The highest BCUT2D eigenvalue weighted by molar-refractivity contribution is 5.85. The van der Waals surface area contributed by atoms with E-state index in [4.69, 9.17) is 0 Å². The smallest absolute Gasteiger partial charge is 0.0947 e. The van der Waals surface area contributed by atoms with Crippen LogP contribution in [-0.4, -0.2) is 26.4 Å². The fraction of sp³-hybridized carbons (Fsp3) is 0.200. The lowest BCUT2D eigenvalue weighted by Gasteiger charge is -2.25. The Labute approximate surface area is 167 Å². The van der Waals surface area contributed by atoms with Crippen molar-refractivity contribution in [2.24, 2.45) is 0 Å². The van der Waals surface area contributed by atoms with Gasteiger partial charge in [0.15, 0.2) is 0 Å². The molecule has 0 saturated heterocycles. The molecule has 0 N–H and O–H groups in total. The Morgan fingerprint density at radius 2 is 1.00 bits per heavy atom. The number of anilines is 4. The predicted octanol–water partition coefficient (Wildman–Crippen LogP) is 4.69. The van der Waals surface area contributed by atoms with Gasteiger partial charge < -0.3 is 19.6 Å². The third kappa shape index (κ3) is 3.35. The van der Waals surface area contributed by atoms with Crippen LogP contribution in [0.15, 0.2) is 74.1 Å². The van der Waals surface area contributed by atoms with Crippen LogP contribution in [-0.2, 0) is 0 Å². The van der Waals surface area contributed by atoms with Gasteiger partial charge >= 0.3 is 0 Å².